The van der Waals surface area contributed by atoms with Crippen molar-refractivity contribution in [2.24, 2.45) is 0 Å². The number of carboxylic acids is 1. The zero-order valence-corrected chi connectivity index (χ0v) is 12.9. The van der Waals surface area contributed by atoms with Gasteiger partial charge in [-0.25, -0.2) is 4.79 Å². The number of carbonyl (C=O) groups is 1. The second-order valence-electron chi connectivity index (χ2n) is 3.98. The van der Waals surface area contributed by atoms with E-state index in [4.69, 9.17) is 16.1 Å². The zero-order chi connectivity index (χ0) is 17.3. The predicted octanol–water partition coefficient (Wildman–Crippen LogP) is 3.65. The van der Waals surface area contributed by atoms with Gasteiger partial charge in [-0.1, -0.05) is 26.5 Å². The lowest BCUT2D eigenvalue weighted by Gasteiger charge is -2.06. The largest absolute Gasteiger partial charge is 0.507 e. The van der Waals surface area contributed by atoms with Crippen LogP contribution in [0.3, 0.4) is 0 Å². The fourth-order valence-electron chi connectivity index (χ4n) is 1.51. The van der Waals surface area contributed by atoms with Crippen molar-refractivity contribution in [3.8, 4) is 6.07 Å². The number of nitrogens with zero attached hydrogens (tertiary/aromatic N) is 1. The molecule has 0 atom stereocenters. The van der Waals surface area contributed by atoms with E-state index < -0.39 is 5.97 Å². The van der Waals surface area contributed by atoms with E-state index in [-0.39, 0.29) is 16.9 Å². The van der Waals surface area contributed by atoms with Gasteiger partial charge >= 0.3 is 5.97 Å². The van der Waals surface area contributed by atoms with Crippen molar-refractivity contribution >= 4 is 17.2 Å². The van der Waals surface area contributed by atoms with Crippen LogP contribution < -0.4 is 5.73 Å². The van der Waals surface area contributed by atoms with Crippen molar-refractivity contribution in [2.75, 3.05) is 5.73 Å². The molecule has 0 saturated heterocycles. The van der Waals surface area contributed by atoms with E-state index in [9.17, 15) is 9.90 Å². The van der Waals surface area contributed by atoms with Crippen molar-refractivity contribution in [1.82, 2.24) is 0 Å². The maximum absolute atomic E-state index is 11.1. The quantitative estimate of drug-likeness (QED) is 0.340. The third-order valence-corrected chi connectivity index (χ3v) is 2.64. The summed E-state index contributed by atoms with van der Waals surface area (Å²) in [6.07, 6.45) is 2.52. The van der Waals surface area contributed by atoms with Crippen molar-refractivity contribution in [2.45, 2.75) is 20.8 Å². The Labute approximate surface area is 130 Å². The van der Waals surface area contributed by atoms with E-state index in [1.165, 1.54) is 25.1 Å². The number of nitriles is 1. The maximum atomic E-state index is 11.1. The third-order valence-electron chi connectivity index (χ3n) is 2.64. The minimum Gasteiger partial charge on any atom is -0.507 e. The van der Waals surface area contributed by atoms with Gasteiger partial charge in [-0.2, -0.15) is 5.26 Å². The van der Waals surface area contributed by atoms with Crippen LogP contribution in [-0.2, 0) is 4.79 Å². The van der Waals surface area contributed by atoms with Gasteiger partial charge < -0.3 is 15.9 Å². The number of rotatable bonds is 4. The van der Waals surface area contributed by atoms with E-state index in [2.05, 4.69) is 6.58 Å². The van der Waals surface area contributed by atoms with Crippen molar-refractivity contribution in [3.05, 3.63) is 59.4 Å². The summed E-state index contributed by atoms with van der Waals surface area (Å²) in [4.78, 5) is 11.1. The fraction of sp³-hybridized carbons (Fsp3) is 0.176. The smallest absolute Gasteiger partial charge is 0.339 e. The van der Waals surface area contributed by atoms with Crippen LogP contribution in [0.1, 0.15) is 31.9 Å². The Morgan fingerprint density at radius 3 is 2.41 bits per heavy atom. The minimum atomic E-state index is -1.27. The van der Waals surface area contributed by atoms with E-state index in [0.29, 0.717) is 16.8 Å². The molecule has 0 heterocycles. The Morgan fingerprint density at radius 1 is 1.36 bits per heavy atom. The average molecular weight is 300 g/mol. The molecule has 0 fully saturated rings. The lowest BCUT2D eigenvalue weighted by Crippen LogP contribution is -2.03. The second-order valence-corrected chi connectivity index (χ2v) is 3.98. The first-order valence-corrected chi connectivity index (χ1v) is 6.70. The number of aliphatic hydroxyl groups excluding tert-OH is 1. The molecule has 1 aromatic carbocycles. The van der Waals surface area contributed by atoms with E-state index in [1.54, 1.807) is 12.1 Å². The summed E-state index contributed by atoms with van der Waals surface area (Å²) < 4.78 is 0. The van der Waals surface area contributed by atoms with Gasteiger partial charge in [0.25, 0.3) is 0 Å². The third kappa shape index (κ3) is 4.84. The molecule has 0 unspecified atom stereocenters. The highest BCUT2D eigenvalue weighted by molar-refractivity contribution is 5.94. The van der Waals surface area contributed by atoms with Crippen molar-refractivity contribution < 1.29 is 15.0 Å². The number of carboxylic acid groups (broad SMARTS) is 1. The molecule has 5 heteroatoms. The van der Waals surface area contributed by atoms with Crippen LogP contribution in [0.15, 0.2) is 48.3 Å². The Morgan fingerprint density at radius 2 is 1.95 bits per heavy atom. The molecule has 22 heavy (non-hydrogen) atoms. The number of allylic oxidation sites excluding steroid dienone is 3. The number of anilines is 1. The summed E-state index contributed by atoms with van der Waals surface area (Å²) in [5, 5.41) is 27.5. The summed E-state index contributed by atoms with van der Waals surface area (Å²) >= 11 is 0. The molecule has 0 saturated carbocycles. The first-order chi connectivity index (χ1) is 10.4. The average Bonchev–Trinajstić information content (AvgIpc) is 2.53. The molecule has 0 aliphatic heterocycles. The van der Waals surface area contributed by atoms with Gasteiger partial charge in [0, 0.05) is 5.69 Å². The number of benzene rings is 1. The van der Waals surface area contributed by atoms with Crippen LogP contribution in [0.25, 0.3) is 5.57 Å². The molecule has 4 N–H and O–H groups in total. The van der Waals surface area contributed by atoms with Crippen LogP contribution in [0.2, 0.25) is 0 Å². The monoisotopic (exact) mass is 300 g/mol. The summed E-state index contributed by atoms with van der Waals surface area (Å²) in [5.41, 5.74) is 6.86. The van der Waals surface area contributed by atoms with Gasteiger partial charge in [-0.3, -0.25) is 0 Å². The van der Waals surface area contributed by atoms with Gasteiger partial charge in [0.2, 0.25) is 0 Å². The molecular formula is C17H20N2O3. The Kier molecular flexibility index (Phi) is 7.80. The van der Waals surface area contributed by atoms with Crippen molar-refractivity contribution in [1.29, 1.82) is 5.26 Å². The van der Waals surface area contributed by atoms with Crippen LogP contribution in [-0.4, -0.2) is 16.2 Å². The summed E-state index contributed by atoms with van der Waals surface area (Å²) in [6.45, 7) is 9.26. The van der Waals surface area contributed by atoms with Crippen molar-refractivity contribution in [3.63, 3.8) is 0 Å². The molecule has 0 spiro atoms. The standard InChI is InChI=1S/C15H14N2O3.C2H6/c1-3-14(18)12(15(19)20)6-9(2)10-4-5-13(17)11(7-10)8-16;1-2/h3-7,18H,2,17H2,1H3,(H,19,20);1-2H3/b12-6+,14-3+;. The maximum Gasteiger partial charge on any atom is 0.339 e. The van der Waals surface area contributed by atoms with Crippen LogP contribution in [0.4, 0.5) is 5.69 Å². The molecule has 1 rings (SSSR count). The van der Waals surface area contributed by atoms with Crippen LogP contribution in [0, 0.1) is 11.3 Å². The molecule has 0 aliphatic carbocycles. The highest BCUT2D eigenvalue weighted by atomic mass is 16.4. The number of aliphatic hydroxyl groups is 1. The molecule has 1 aromatic rings. The lowest BCUT2D eigenvalue weighted by molar-refractivity contribution is -0.132. The minimum absolute atomic E-state index is 0.271. The molecule has 0 bridgehead atoms. The van der Waals surface area contributed by atoms with E-state index in [1.807, 2.05) is 19.9 Å². The van der Waals surface area contributed by atoms with Gasteiger partial charge in [-0.05, 0) is 42.3 Å². The molecule has 5 nitrogen and oxygen atoms in total. The first kappa shape index (κ1) is 19.0. The normalized spacial score (nSPS) is 11.0. The van der Waals surface area contributed by atoms with E-state index >= 15 is 0 Å². The van der Waals surface area contributed by atoms with Gasteiger partial charge in [0.1, 0.15) is 17.4 Å². The number of hydrogen-bond acceptors (Lipinski definition) is 4. The van der Waals surface area contributed by atoms with Crippen LogP contribution >= 0.6 is 0 Å². The number of nitrogen functional groups attached to an aromatic ring is 1. The predicted molar refractivity (Wildman–Crippen MR) is 88.1 cm³/mol. The van der Waals surface area contributed by atoms with Gasteiger partial charge in [0.15, 0.2) is 0 Å². The lowest BCUT2D eigenvalue weighted by atomic mass is 10.0. The Balaban J connectivity index is 0.00000211. The number of nitrogens with two attached hydrogens (primary N) is 1. The molecular weight excluding hydrogens is 280 g/mol. The highest BCUT2D eigenvalue weighted by Gasteiger charge is 2.13. The zero-order valence-electron chi connectivity index (χ0n) is 12.9. The Bertz CT molecular complexity index is 665. The second kappa shape index (κ2) is 9.03. The summed E-state index contributed by atoms with van der Waals surface area (Å²) in [5.74, 6) is -1.62. The summed E-state index contributed by atoms with van der Waals surface area (Å²) in [7, 11) is 0. The first-order valence-electron chi connectivity index (χ1n) is 6.70. The van der Waals surface area contributed by atoms with E-state index in [0.717, 1.165) is 0 Å². The van der Waals surface area contributed by atoms with Crippen LogP contribution in [0.5, 0.6) is 0 Å². The fourth-order valence-corrected chi connectivity index (χ4v) is 1.51. The molecule has 116 valence electrons. The number of aliphatic carboxylic acids is 1. The highest BCUT2D eigenvalue weighted by Crippen LogP contribution is 2.22. The number of hydrogen-bond donors (Lipinski definition) is 3. The molecule has 0 amide bonds. The Hall–Kier alpha value is -3.00. The van der Waals surface area contributed by atoms with Gasteiger partial charge in [0.05, 0.1) is 5.56 Å². The topological polar surface area (TPSA) is 107 Å². The SMILES string of the molecule is C=C(/C=C(C(=O)O)\C(O)=C/C)c1ccc(N)c(C#N)c1.CC. The molecule has 0 aromatic heterocycles. The molecule has 0 radical (unpaired) electrons. The van der Waals surface area contributed by atoms with Gasteiger partial charge in [-0.15, -0.1) is 0 Å². The summed E-state index contributed by atoms with van der Waals surface area (Å²) in [6, 6.07) is 6.62. The molecule has 0 aliphatic rings.